The topological polar surface area (TPSA) is 47.3 Å². The van der Waals surface area contributed by atoms with Crippen molar-refractivity contribution in [2.45, 2.75) is 40.0 Å². The number of ketones is 1. The molecule has 0 saturated heterocycles. The highest BCUT2D eigenvalue weighted by atomic mass is 19.1. The predicted octanol–water partition coefficient (Wildman–Crippen LogP) is 4.05. The molecule has 0 aliphatic carbocycles. The van der Waals surface area contributed by atoms with Crippen molar-refractivity contribution in [3.8, 4) is 11.3 Å². The molecule has 3 rings (SSSR count). The molecule has 0 atom stereocenters. The van der Waals surface area contributed by atoms with Crippen molar-refractivity contribution < 1.29 is 9.18 Å². The SMILES string of the molecule is CC(=O)Cc1c(-c2ccc(CCCF)cc2)nn2c(C)cc(C)nc12. The minimum Gasteiger partial charge on any atom is -0.300 e. The largest absolute Gasteiger partial charge is 0.300 e. The third kappa shape index (κ3) is 3.60. The van der Waals surface area contributed by atoms with Gasteiger partial charge < -0.3 is 0 Å². The number of Topliss-reactive ketones (excluding diaryl/α,β-unsaturated/α-hetero) is 1. The smallest absolute Gasteiger partial charge is 0.159 e. The van der Waals surface area contributed by atoms with E-state index in [2.05, 4.69) is 4.98 Å². The molecule has 0 unspecified atom stereocenters. The fourth-order valence-corrected chi connectivity index (χ4v) is 3.11. The van der Waals surface area contributed by atoms with Crippen LogP contribution in [0.1, 0.15) is 35.9 Å². The summed E-state index contributed by atoms with van der Waals surface area (Å²) in [5.74, 6) is 0.0803. The summed E-state index contributed by atoms with van der Waals surface area (Å²) in [5.41, 5.74) is 6.32. The molecule has 0 amide bonds. The zero-order chi connectivity index (χ0) is 18.0. The van der Waals surface area contributed by atoms with Crippen LogP contribution in [0.5, 0.6) is 0 Å². The molecular formula is C20H22FN3O. The Morgan fingerprint density at radius 2 is 1.92 bits per heavy atom. The lowest BCUT2D eigenvalue weighted by atomic mass is 10.0. The van der Waals surface area contributed by atoms with Crippen LogP contribution in [0.2, 0.25) is 0 Å². The molecule has 0 saturated carbocycles. The van der Waals surface area contributed by atoms with E-state index in [9.17, 15) is 9.18 Å². The maximum atomic E-state index is 12.3. The zero-order valence-electron chi connectivity index (χ0n) is 14.8. The van der Waals surface area contributed by atoms with E-state index >= 15 is 0 Å². The van der Waals surface area contributed by atoms with Crippen molar-refractivity contribution in [1.29, 1.82) is 0 Å². The van der Waals surface area contributed by atoms with Crippen LogP contribution >= 0.6 is 0 Å². The molecule has 0 spiro atoms. The fourth-order valence-electron chi connectivity index (χ4n) is 3.11. The van der Waals surface area contributed by atoms with Crippen LogP contribution in [0.4, 0.5) is 4.39 Å². The minimum atomic E-state index is -0.304. The summed E-state index contributed by atoms with van der Waals surface area (Å²) < 4.78 is 14.1. The van der Waals surface area contributed by atoms with Gasteiger partial charge in [-0.3, -0.25) is 9.18 Å². The number of rotatable bonds is 6. The number of nitrogens with zero attached hydrogens (tertiary/aromatic N) is 3. The molecule has 130 valence electrons. The van der Waals surface area contributed by atoms with Crippen LogP contribution in [-0.2, 0) is 17.6 Å². The second-order valence-electron chi connectivity index (χ2n) is 6.47. The first-order chi connectivity index (χ1) is 12.0. The molecule has 4 nitrogen and oxygen atoms in total. The standard InChI is InChI=1S/C20H22FN3O/c1-13-11-14(2)24-20(22-13)18(12-15(3)25)19(23-24)17-8-6-16(7-9-17)5-4-10-21/h6-9,11H,4-5,10,12H2,1-3H3. The molecular weight excluding hydrogens is 317 g/mol. The normalized spacial score (nSPS) is 11.2. The van der Waals surface area contributed by atoms with E-state index < -0.39 is 0 Å². The van der Waals surface area contributed by atoms with E-state index in [1.807, 2.05) is 44.2 Å². The summed E-state index contributed by atoms with van der Waals surface area (Å²) in [5, 5.41) is 4.71. The van der Waals surface area contributed by atoms with Crippen LogP contribution in [0.25, 0.3) is 16.9 Å². The number of alkyl halides is 1. The van der Waals surface area contributed by atoms with Crippen molar-refractivity contribution in [2.75, 3.05) is 6.67 Å². The summed E-state index contributed by atoms with van der Waals surface area (Å²) in [7, 11) is 0. The first-order valence-electron chi connectivity index (χ1n) is 8.50. The highest BCUT2D eigenvalue weighted by molar-refractivity contribution is 5.84. The molecule has 0 bridgehead atoms. The second-order valence-corrected chi connectivity index (χ2v) is 6.47. The van der Waals surface area contributed by atoms with Gasteiger partial charge in [0, 0.05) is 28.9 Å². The van der Waals surface area contributed by atoms with Gasteiger partial charge in [-0.1, -0.05) is 24.3 Å². The minimum absolute atomic E-state index is 0.0803. The average molecular weight is 339 g/mol. The third-order valence-corrected chi connectivity index (χ3v) is 4.24. The highest BCUT2D eigenvalue weighted by Crippen LogP contribution is 2.27. The molecule has 25 heavy (non-hydrogen) atoms. The molecule has 5 heteroatoms. The van der Waals surface area contributed by atoms with Crippen LogP contribution in [0.15, 0.2) is 30.3 Å². The molecule has 2 heterocycles. The molecule has 0 N–H and O–H groups in total. The van der Waals surface area contributed by atoms with Crippen LogP contribution in [0.3, 0.4) is 0 Å². The molecule has 2 aromatic heterocycles. The van der Waals surface area contributed by atoms with E-state index in [0.29, 0.717) is 12.8 Å². The number of hydrogen-bond donors (Lipinski definition) is 0. The number of aryl methyl sites for hydroxylation is 3. The van der Waals surface area contributed by atoms with Gasteiger partial charge in [0.05, 0.1) is 12.4 Å². The summed E-state index contributed by atoms with van der Waals surface area (Å²) in [4.78, 5) is 16.4. The van der Waals surface area contributed by atoms with Gasteiger partial charge in [-0.05, 0) is 45.2 Å². The lowest BCUT2D eigenvalue weighted by Crippen LogP contribution is -2.01. The predicted molar refractivity (Wildman–Crippen MR) is 96.6 cm³/mol. The van der Waals surface area contributed by atoms with Crippen molar-refractivity contribution in [2.24, 2.45) is 0 Å². The zero-order valence-corrected chi connectivity index (χ0v) is 14.8. The number of carbonyl (C=O) groups is 1. The van der Waals surface area contributed by atoms with Crippen LogP contribution < -0.4 is 0 Å². The number of fused-ring (bicyclic) bond motifs is 1. The lowest BCUT2D eigenvalue weighted by molar-refractivity contribution is -0.116. The lowest BCUT2D eigenvalue weighted by Gasteiger charge is -2.04. The van der Waals surface area contributed by atoms with E-state index in [-0.39, 0.29) is 12.5 Å². The van der Waals surface area contributed by atoms with E-state index in [4.69, 9.17) is 5.10 Å². The van der Waals surface area contributed by atoms with E-state index in [0.717, 1.165) is 45.8 Å². The Bertz CT molecular complexity index is 913. The van der Waals surface area contributed by atoms with Crippen LogP contribution in [-0.4, -0.2) is 27.1 Å². The number of aromatic nitrogens is 3. The number of halogens is 1. The van der Waals surface area contributed by atoms with Crippen molar-refractivity contribution >= 4 is 11.4 Å². The molecule has 0 aliphatic heterocycles. The fraction of sp³-hybridized carbons (Fsp3) is 0.350. The molecule has 0 radical (unpaired) electrons. The van der Waals surface area contributed by atoms with Crippen LogP contribution in [0, 0.1) is 13.8 Å². The number of benzene rings is 1. The van der Waals surface area contributed by atoms with Gasteiger partial charge in [-0.15, -0.1) is 0 Å². The Hall–Kier alpha value is -2.56. The molecule has 0 aliphatic rings. The van der Waals surface area contributed by atoms with E-state index in [1.54, 1.807) is 11.4 Å². The Morgan fingerprint density at radius 3 is 2.56 bits per heavy atom. The summed E-state index contributed by atoms with van der Waals surface area (Å²) in [6.07, 6.45) is 1.56. The Morgan fingerprint density at radius 1 is 1.20 bits per heavy atom. The molecule has 3 aromatic rings. The number of hydrogen-bond acceptors (Lipinski definition) is 3. The van der Waals surface area contributed by atoms with Gasteiger partial charge in [0.1, 0.15) is 5.78 Å². The quantitative estimate of drug-likeness (QED) is 0.681. The van der Waals surface area contributed by atoms with Gasteiger partial charge in [0.25, 0.3) is 0 Å². The van der Waals surface area contributed by atoms with E-state index in [1.165, 1.54) is 0 Å². The Kier molecular flexibility index (Phi) is 4.93. The van der Waals surface area contributed by atoms with Gasteiger partial charge in [-0.25, -0.2) is 9.50 Å². The van der Waals surface area contributed by atoms with Gasteiger partial charge in [-0.2, -0.15) is 5.10 Å². The summed E-state index contributed by atoms with van der Waals surface area (Å²) >= 11 is 0. The van der Waals surface area contributed by atoms with Crippen molar-refractivity contribution in [3.63, 3.8) is 0 Å². The Balaban J connectivity index is 2.11. The summed E-state index contributed by atoms with van der Waals surface area (Å²) in [6, 6.07) is 9.94. The average Bonchev–Trinajstić information content (AvgIpc) is 2.92. The first kappa shape index (κ1) is 17.3. The van der Waals surface area contributed by atoms with Gasteiger partial charge in [0.15, 0.2) is 5.65 Å². The highest BCUT2D eigenvalue weighted by Gasteiger charge is 2.18. The monoisotopic (exact) mass is 339 g/mol. The number of carbonyl (C=O) groups excluding carboxylic acids is 1. The van der Waals surface area contributed by atoms with Crippen molar-refractivity contribution in [3.05, 3.63) is 52.8 Å². The maximum Gasteiger partial charge on any atom is 0.159 e. The van der Waals surface area contributed by atoms with Gasteiger partial charge in [0.2, 0.25) is 0 Å². The molecule has 0 fully saturated rings. The Labute approximate surface area is 146 Å². The summed E-state index contributed by atoms with van der Waals surface area (Å²) in [6.45, 7) is 5.20. The van der Waals surface area contributed by atoms with Gasteiger partial charge >= 0.3 is 0 Å². The second kappa shape index (κ2) is 7.13. The first-order valence-corrected chi connectivity index (χ1v) is 8.50. The molecule has 1 aromatic carbocycles. The van der Waals surface area contributed by atoms with Crippen molar-refractivity contribution in [1.82, 2.24) is 14.6 Å². The third-order valence-electron chi connectivity index (χ3n) is 4.24. The maximum absolute atomic E-state index is 12.3.